The number of amides is 1. The van der Waals surface area contributed by atoms with Crippen molar-refractivity contribution in [1.29, 1.82) is 0 Å². The molecule has 0 aliphatic carbocycles. The van der Waals surface area contributed by atoms with Gasteiger partial charge in [0.25, 0.3) is 5.69 Å². The monoisotopic (exact) mass is 541 g/mol. The number of carbonyl (C=O) groups excluding carboxylic acids is 1. The lowest BCUT2D eigenvalue weighted by Gasteiger charge is -2.28. The summed E-state index contributed by atoms with van der Waals surface area (Å²) in [6.07, 6.45) is 3.80. The topological polar surface area (TPSA) is 119 Å². The Morgan fingerprint density at radius 1 is 1.27 bits per heavy atom. The number of aliphatic imine (C=N–C) groups is 1. The van der Waals surface area contributed by atoms with Crippen LogP contribution in [0, 0.1) is 10.1 Å². The summed E-state index contributed by atoms with van der Waals surface area (Å²) in [5.41, 5.74) is 2.88. The minimum Gasteiger partial charge on any atom is -0.378 e. The van der Waals surface area contributed by atoms with E-state index in [2.05, 4.69) is 15.3 Å². The van der Waals surface area contributed by atoms with Crippen molar-refractivity contribution in [1.82, 2.24) is 10.3 Å². The van der Waals surface area contributed by atoms with Gasteiger partial charge in [0.2, 0.25) is 5.91 Å². The minimum absolute atomic E-state index is 0.0289. The van der Waals surface area contributed by atoms with E-state index >= 15 is 0 Å². The second-order valence-electron chi connectivity index (χ2n) is 8.72. The van der Waals surface area contributed by atoms with Crippen molar-refractivity contribution in [3.8, 4) is 0 Å². The Morgan fingerprint density at radius 3 is 2.92 bits per heavy atom. The fraction of sp³-hybridized carbons (Fsp3) is 0.400. The van der Waals surface area contributed by atoms with Gasteiger partial charge in [-0.1, -0.05) is 17.8 Å². The highest BCUT2D eigenvalue weighted by molar-refractivity contribution is 8.01. The van der Waals surface area contributed by atoms with Crippen LogP contribution in [0.3, 0.4) is 0 Å². The average Bonchev–Trinajstić information content (AvgIpc) is 3.59. The number of anilines is 1. The van der Waals surface area contributed by atoms with Crippen LogP contribution in [-0.2, 0) is 14.3 Å². The Balaban J connectivity index is 1.22. The summed E-state index contributed by atoms with van der Waals surface area (Å²) in [6.45, 7) is 3.70. The summed E-state index contributed by atoms with van der Waals surface area (Å²) >= 11 is 2.92. The zero-order chi connectivity index (χ0) is 25.6. The average molecular weight is 542 g/mol. The molecule has 37 heavy (non-hydrogen) atoms. The summed E-state index contributed by atoms with van der Waals surface area (Å²) in [5, 5.41) is 14.6. The molecule has 1 aromatic heterocycles. The predicted octanol–water partition coefficient (Wildman–Crippen LogP) is 4.18. The van der Waals surface area contributed by atoms with Gasteiger partial charge in [0.1, 0.15) is 5.69 Å². The molecule has 2 aliphatic rings. The normalized spacial score (nSPS) is 18.1. The molecule has 10 nitrogen and oxygen atoms in total. The molecule has 2 saturated heterocycles. The maximum Gasteiger partial charge on any atom is 0.293 e. The first kappa shape index (κ1) is 25.6. The molecule has 2 fully saturated rings. The first-order valence-corrected chi connectivity index (χ1v) is 13.9. The van der Waals surface area contributed by atoms with Gasteiger partial charge in [-0.25, -0.2) is 4.98 Å². The van der Waals surface area contributed by atoms with Crippen LogP contribution in [-0.4, -0.2) is 73.3 Å². The van der Waals surface area contributed by atoms with Gasteiger partial charge in [-0.05, 0) is 42.7 Å². The van der Waals surface area contributed by atoms with Gasteiger partial charge in [0.15, 0.2) is 4.34 Å². The molecular weight excluding hydrogens is 514 g/mol. The number of benzene rings is 2. The van der Waals surface area contributed by atoms with Crippen LogP contribution in [0.4, 0.5) is 17.1 Å². The zero-order valence-corrected chi connectivity index (χ0v) is 21.8. The molecule has 2 aliphatic heterocycles. The molecule has 1 amide bonds. The van der Waals surface area contributed by atoms with Crippen molar-refractivity contribution < 1.29 is 19.2 Å². The molecule has 0 bridgehead atoms. The molecule has 0 unspecified atom stereocenters. The quantitative estimate of drug-likeness (QED) is 0.185. The summed E-state index contributed by atoms with van der Waals surface area (Å²) in [7, 11) is 0. The number of thioether (sulfide) groups is 1. The largest absolute Gasteiger partial charge is 0.378 e. The van der Waals surface area contributed by atoms with Crippen molar-refractivity contribution in [2.24, 2.45) is 4.99 Å². The number of ether oxygens (including phenoxy) is 2. The zero-order valence-electron chi connectivity index (χ0n) is 20.1. The number of thiazole rings is 1. The second-order valence-corrected chi connectivity index (χ2v) is 11.0. The van der Waals surface area contributed by atoms with Crippen molar-refractivity contribution >= 4 is 62.5 Å². The molecule has 1 N–H and O–H groups in total. The fourth-order valence-electron chi connectivity index (χ4n) is 4.23. The van der Waals surface area contributed by atoms with Crippen LogP contribution >= 0.6 is 23.1 Å². The Hall–Kier alpha value is -3.06. The first-order valence-electron chi connectivity index (χ1n) is 12.1. The van der Waals surface area contributed by atoms with Crippen LogP contribution in [0.5, 0.6) is 0 Å². The van der Waals surface area contributed by atoms with Crippen molar-refractivity contribution in [2.75, 3.05) is 50.1 Å². The Bertz CT molecular complexity index is 1300. The molecule has 3 aromatic rings. The second kappa shape index (κ2) is 12.0. The highest BCUT2D eigenvalue weighted by Gasteiger charge is 2.21. The number of morpholine rings is 1. The smallest absolute Gasteiger partial charge is 0.293 e. The van der Waals surface area contributed by atoms with Crippen LogP contribution in [0.25, 0.3) is 10.2 Å². The number of hydrogen-bond donors (Lipinski definition) is 1. The number of rotatable bonds is 9. The van der Waals surface area contributed by atoms with E-state index in [0.29, 0.717) is 49.9 Å². The van der Waals surface area contributed by atoms with E-state index in [4.69, 9.17) is 9.47 Å². The molecule has 194 valence electrons. The van der Waals surface area contributed by atoms with E-state index in [1.54, 1.807) is 18.3 Å². The van der Waals surface area contributed by atoms with E-state index in [1.807, 2.05) is 29.2 Å². The predicted molar refractivity (Wildman–Crippen MR) is 146 cm³/mol. The standard InChI is InChI=1S/C25H27N5O5S2/c31-24(27-15-19-2-1-9-35-19)16-36-25-28-20-5-4-18(13-23(20)37-25)26-14-17-3-6-21(22(12-17)30(32)33)29-7-10-34-11-8-29/h3-6,12-14,19H,1-2,7-11,15-16H2,(H,27,31)/t19-/m0/s1. The molecule has 0 spiro atoms. The van der Waals surface area contributed by atoms with Crippen LogP contribution in [0.1, 0.15) is 18.4 Å². The van der Waals surface area contributed by atoms with Gasteiger partial charge in [-0.3, -0.25) is 19.9 Å². The third kappa shape index (κ3) is 6.63. The Kier molecular flexibility index (Phi) is 8.29. The number of aromatic nitrogens is 1. The number of fused-ring (bicyclic) bond motifs is 1. The van der Waals surface area contributed by atoms with Crippen molar-refractivity contribution in [2.45, 2.75) is 23.3 Å². The summed E-state index contributed by atoms with van der Waals surface area (Å²) in [6, 6.07) is 10.9. The van der Waals surface area contributed by atoms with Gasteiger partial charge < -0.3 is 19.7 Å². The highest BCUT2D eigenvalue weighted by Crippen LogP contribution is 2.33. The maximum absolute atomic E-state index is 12.2. The van der Waals surface area contributed by atoms with Gasteiger partial charge in [0, 0.05) is 38.5 Å². The van der Waals surface area contributed by atoms with Gasteiger partial charge >= 0.3 is 0 Å². The third-order valence-corrected chi connectivity index (χ3v) is 8.30. The number of nitrogens with zero attached hydrogens (tertiary/aromatic N) is 4. The van der Waals surface area contributed by atoms with Gasteiger partial charge in [0.05, 0.1) is 45.9 Å². The van der Waals surface area contributed by atoms with Crippen LogP contribution < -0.4 is 10.2 Å². The van der Waals surface area contributed by atoms with E-state index in [1.165, 1.54) is 23.1 Å². The Labute approximate surface area is 222 Å². The van der Waals surface area contributed by atoms with E-state index in [0.717, 1.165) is 39.7 Å². The number of nitrogens with one attached hydrogen (secondary N) is 1. The molecule has 0 radical (unpaired) electrons. The van der Waals surface area contributed by atoms with Crippen LogP contribution in [0.15, 0.2) is 45.7 Å². The number of nitro benzene ring substituents is 1. The van der Waals surface area contributed by atoms with E-state index in [-0.39, 0.29) is 22.6 Å². The molecule has 3 heterocycles. The lowest BCUT2D eigenvalue weighted by Crippen LogP contribution is -2.36. The molecule has 2 aromatic carbocycles. The fourth-order valence-corrected chi connectivity index (χ4v) is 6.16. The minimum atomic E-state index is -0.354. The first-order chi connectivity index (χ1) is 18.0. The summed E-state index contributed by atoms with van der Waals surface area (Å²) in [4.78, 5) is 34.6. The molecular formula is C25H27N5O5S2. The van der Waals surface area contributed by atoms with Gasteiger partial charge in [-0.15, -0.1) is 11.3 Å². The lowest BCUT2D eigenvalue weighted by atomic mass is 10.1. The highest BCUT2D eigenvalue weighted by atomic mass is 32.2. The SMILES string of the molecule is O=C(CSc1nc2ccc(N=Cc3ccc(N4CCOCC4)c([N+](=O)[O-])c3)cc2s1)NC[C@@H]1CCCO1. The summed E-state index contributed by atoms with van der Waals surface area (Å²) in [5.74, 6) is 0.273. The van der Waals surface area contributed by atoms with E-state index in [9.17, 15) is 14.9 Å². The van der Waals surface area contributed by atoms with Crippen LogP contribution in [0.2, 0.25) is 0 Å². The van der Waals surface area contributed by atoms with Gasteiger partial charge in [-0.2, -0.15) is 0 Å². The third-order valence-electron chi connectivity index (χ3n) is 6.14. The number of hydrogen-bond acceptors (Lipinski definition) is 10. The lowest BCUT2D eigenvalue weighted by molar-refractivity contribution is -0.384. The summed E-state index contributed by atoms with van der Waals surface area (Å²) < 4.78 is 12.7. The molecule has 5 rings (SSSR count). The number of nitro groups is 1. The molecule has 12 heteroatoms. The van der Waals surface area contributed by atoms with Crippen molar-refractivity contribution in [3.63, 3.8) is 0 Å². The maximum atomic E-state index is 12.2. The van der Waals surface area contributed by atoms with Crippen molar-refractivity contribution in [3.05, 3.63) is 52.1 Å². The number of carbonyl (C=O) groups is 1. The van der Waals surface area contributed by atoms with E-state index < -0.39 is 0 Å². The Morgan fingerprint density at radius 2 is 2.14 bits per heavy atom. The molecule has 0 saturated carbocycles. The molecule has 1 atom stereocenters.